The molecule has 108 valence electrons. The van der Waals surface area contributed by atoms with E-state index >= 15 is 0 Å². The molecule has 3 rings (SSSR count). The summed E-state index contributed by atoms with van der Waals surface area (Å²) < 4.78 is 25.4. The average Bonchev–Trinajstić information content (AvgIpc) is 2.85. The average molecular weight is 296 g/mol. The van der Waals surface area contributed by atoms with Gasteiger partial charge >= 0.3 is 0 Å². The number of fused-ring (bicyclic) bond motifs is 1. The van der Waals surface area contributed by atoms with Gasteiger partial charge in [0.25, 0.3) is 0 Å². The number of aromatic amines is 1. The molecule has 0 unspecified atom stereocenters. The number of piperidine rings is 1. The van der Waals surface area contributed by atoms with Crippen molar-refractivity contribution in [3.8, 4) is 0 Å². The topological polar surface area (TPSA) is 104 Å². The summed E-state index contributed by atoms with van der Waals surface area (Å²) in [6.45, 7) is 1.45. The molecule has 9 heteroatoms. The van der Waals surface area contributed by atoms with Gasteiger partial charge in [0.05, 0.1) is 17.8 Å². The van der Waals surface area contributed by atoms with Gasteiger partial charge in [-0.05, 0) is 12.8 Å². The zero-order valence-electron chi connectivity index (χ0n) is 11.1. The number of H-pyrrole nitrogens is 1. The molecule has 0 radical (unpaired) electrons. The van der Waals surface area contributed by atoms with E-state index in [0.717, 1.165) is 30.6 Å². The van der Waals surface area contributed by atoms with E-state index in [9.17, 15) is 8.42 Å². The molecule has 1 fully saturated rings. The normalized spacial score (nSPS) is 20.4. The minimum atomic E-state index is -3.19. The van der Waals surface area contributed by atoms with Gasteiger partial charge in [-0.1, -0.05) is 0 Å². The number of nitrogens with zero attached hydrogens (tertiary/aromatic N) is 4. The van der Waals surface area contributed by atoms with E-state index in [2.05, 4.69) is 29.8 Å². The number of nitrogens with one attached hydrogen (secondary N) is 2. The fourth-order valence-electron chi connectivity index (χ4n) is 2.57. The van der Waals surface area contributed by atoms with Crippen molar-refractivity contribution in [1.29, 1.82) is 0 Å². The molecule has 2 aromatic heterocycles. The van der Waals surface area contributed by atoms with Crippen LogP contribution in [0.2, 0.25) is 0 Å². The Morgan fingerprint density at radius 2 is 2.30 bits per heavy atom. The largest absolute Gasteiger partial charge is 0.354 e. The molecule has 0 amide bonds. The summed E-state index contributed by atoms with van der Waals surface area (Å²) in [7, 11) is -3.19. The predicted molar refractivity (Wildman–Crippen MR) is 74.9 cm³/mol. The molecular formula is C11H16N6O2S. The summed E-state index contributed by atoms with van der Waals surface area (Å²) in [6, 6.07) is -0.0873. The second kappa shape index (κ2) is 4.98. The first kappa shape index (κ1) is 13.3. The molecule has 0 aromatic carbocycles. The van der Waals surface area contributed by atoms with E-state index in [1.54, 1.807) is 6.20 Å². The first-order valence-electron chi connectivity index (χ1n) is 6.39. The number of hydrogen-bond acceptors (Lipinski definition) is 6. The van der Waals surface area contributed by atoms with E-state index in [1.807, 2.05) is 0 Å². The maximum absolute atomic E-state index is 11.3. The monoisotopic (exact) mass is 296 g/mol. The Hall–Kier alpha value is -1.74. The molecule has 2 aromatic rings. The zero-order valence-corrected chi connectivity index (χ0v) is 11.9. The van der Waals surface area contributed by atoms with Gasteiger partial charge in [-0.2, -0.15) is 5.10 Å². The third-order valence-electron chi connectivity index (χ3n) is 3.33. The molecule has 0 spiro atoms. The Balaban J connectivity index is 1.85. The van der Waals surface area contributed by atoms with Gasteiger partial charge in [-0.3, -0.25) is 5.10 Å². The van der Waals surface area contributed by atoms with Gasteiger partial charge in [0.1, 0.15) is 12.1 Å². The lowest BCUT2D eigenvalue weighted by Gasteiger charge is -2.33. The van der Waals surface area contributed by atoms with Crippen LogP contribution in [0.15, 0.2) is 12.5 Å². The van der Waals surface area contributed by atoms with Crippen molar-refractivity contribution in [3.05, 3.63) is 12.5 Å². The highest BCUT2D eigenvalue weighted by Crippen LogP contribution is 2.24. The first-order chi connectivity index (χ1) is 9.53. The van der Waals surface area contributed by atoms with Gasteiger partial charge in [-0.25, -0.2) is 23.1 Å². The Labute approximate surface area is 116 Å². The molecular weight excluding hydrogens is 280 g/mol. The van der Waals surface area contributed by atoms with Crippen molar-refractivity contribution in [2.24, 2.45) is 0 Å². The molecule has 1 saturated heterocycles. The quantitative estimate of drug-likeness (QED) is 0.817. The minimum absolute atomic E-state index is 0.0873. The summed E-state index contributed by atoms with van der Waals surface area (Å²) >= 11 is 0. The number of hydrogen-bond donors (Lipinski definition) is 2. The molecule has 0 bridgehead atoms. The van der Waals surface area contributed by atoms with Crippen LogP contribution in [-0.2, 0) is 10.0 Å². The first-order valence-corrected chi connectivity index (χ1v) is 8.28. The Morgan fingerprint density at radius 3 is 3.10 bits per heavy atom. The van der Waals surface area contributed by atoms with Gasteiger partial charge in [0, 0.05) is 19.1 Å². The smallest absolute Gasteiger partial charge is 0.209 e. The van der Waals surface area contributed by atoms with Crippen LogP contribution in [0.1, 0.15) is 12.8 Å². The summed E-state index contributed by atoms with van der Waals surface area (Å²) in [5.74, 6) is 0.795. The van der Waals surface area contributed by atoms with Crippen LogP contribution in [0.3, 0.4) is 0 Å². The highest BCUT2D eigenvalue weighted by Gasteiger charge is 2.24. The van der Waals surface area contributed by atoms with Crippen molar-refractivity contribution in [3.63, 3.8) is 0 Å². The molecule has 1 aliphatic heterocycles. The van der Waals surface area contributed by atoms with Gasteiger partial charge in [0.2, 0.25) is 10.0 Å². The van der Waals surface area contributed by atoms with Gasteiger partial charge in [-0.15, -0.1) is 0 Å². The Bertz CT molecular complexity index is 713. The maximum Gasteiger partial charge on any atom is 0.209 e. The van der Waals surface area contributed by atoms with E-state index in [0.29, 0.717) is 12.2 Å². The van der Waals surface area contributed by atoms with Crippen LogP contribution in [0.4, 0.5) is 5.82 Å². The van der Waals surface area contributed by atoms with Crippen molar-refractivity contribution < 1.29 is 8.42 Å². The van der Waals surface area contributed by atoms with Crippen molar-refractivity contribution >= 4 is 26.9 Å². The molecule has 8 nitrogen and oxygen atoms in total. The molecule has 2 N–H and O–H groups in total. The van der Waals surface area contributed by atoms with Crippen molar-refractivity contribution in [2.45, 2.75) is 18.9 Å². The Kier molecular flexibility index (Phi) is 3.30. The third-order valence-corrected chi connectivity index (χ3v) is 4.09. The maximum atomic E-state index is 11.3. The summed E-state index contributed by atoms with van der Waals surface area (Å²) in [6.07, 6.45) is 6.12. The molecule has 1 aliphatic rings. The standard InChI is InChI=1S/C11H16N6O2S/c1-20(18,19)16-8-3-2-4-17(6-8)11-9-5-14-15-10(9)12-7-13-11/h5,7-8,16H,2-4,6H2,1H3,(H,12,13,14,15)/t8-/m0/s1. The van der Waals surface area contributed by atoms with Crippen molar-refractivity contribution in [2.75, 3.05) is 24.2 Å². The number of aromatic nitrogens is 4. The van der Waals surface area contributed by atoms with Crippen LogP contribution >= 0.6 is 0 Å². The lowest BCUT2D eigenvalue weighted by atomic mass is 10.1. The molecule has 0 saturated carbocycles. The third kappa shape index (κ3) is 2.73. The Morgan fingerprint density at radius 1 is 1.45 bits per heavy atom. The summed E-state index contributed by atoms with van der Waals surface area (Å²) in [5.41, 5.74) is 0.688. The van der Waals surface area contributed by atoms with E-state index in [4.69, 9.17) is 0 Å². The highest BCUT2D eigenvalue weighted by molar-refractivity contribution is 7.88. The second-order valence-electron chi connectivity index (χ2n) is 5.00. The van der Waals surface area contributed by atoms with E-state index < -0.39 is 10.0 Å². The van der Waals surface area contributed by atoms with Crippen LogP contribution in [0.25, 0.3) is 11.0 Å². The van der Waals surface area contributed by atoms with Crippen LogP contribution in [0.5, 0.6) is 0 Å². The van der Waals surface area contributed by atoms with Crippen LogP contribution in [-0.4, -0.2) is 54.0 Å². The molecule has 3 heterocycles. The zero-order chi connectivity index (χ0) is 14.2. The fourth-order valence-corrected chi connectivity index (χ4v) is 3.37. The summed E-state index contributed by atoms with van der Waals surface area (Å²) in [4.78, 5) is 10.5. The van der Waals surface area contributed by atoms with Crippen LogP contribution < -0.4 is 9.62 Å². The lowest BCUT2D eigenvalue weighted by Crippen LogP contribution is -2.47. The van der Waals surface area contributed by atoms with E-state index in [1.165, 1.54) is 12.6 Å². The number of rotatable bonds is 3. The second-order valence-corrected chi connectivity index (χ2v) is 6.78. The molecule has 1 atom stereocenters. The highest BCUT2D eigenvalue weighted by atomic mass is 32.2. The van der Waals surface area contributed by atoms with E-state index in [-0.39, 0.29) is 6.04 Å². The summed E-state index contributed by atoms with van der Waals surface area (Å²) in [5, 5.41) is 7.63. The van der Waals surface area contributed by atoms with Gasteiger partial charge in [0.15, 0.2) is 5.65 Å². The minimum Gasteiger partial charge on any atom is -0.354 e. The number of sulfonamides is 1. The van der Waals surface area contributed by atoms with Gasteiger partial charge < -0.3 is 4.90 Å². The van der Waals surface area contributed by atoms with Crippen LogP contribution in [0, 0.1) is 0 Å². The fraction of sp³-hybridized carbons (Fsp3) is 0.545. The molecule has 0 aliphatic carbocycles. The van der Waals surface area contributed by atoms with Crippen molar-refractivity contribution in [1.82, 2.24) is 24.9 Å². The SMILES string of the molecule is CS(=O)(=O)N[C@H]1CCCN(c2ncnc3[nH]ncc23)C1. The number of anilines is 1. The predicted octanol–water partition coefficient (Wildman–Crippen LogP) is -0.129. The lowest BCUT2D eigenvalue weighted by molar-refractivity contribution is 0.466. The molecule has 20 heavy (non-hydrogen) atoms.